The number of pyridine rings is 1. The van der Waals surface area contributed by atoms with Gasteiger partial charge in [0.05, 0.1) is 5.56 Å². The van der Waals surface area contributed by atoms with Crippen molar-refractivity contribution in [2.45, 2.75) is 31.9 Å². The van der Waals surface area contributed by atoms with Crippen LogP contribution in [0.2, 0.25) is 0 Å². The van der Waals surface area contributed by atoms with Crippen LogP contribution in [0.4, 0.5) is 5.00 Å². The van der Waals surface area contributed by atoms with Crippen LogP contribution in [0.5, 0.6) is 11.5 Å². The second kappa shape index (κ2) is 8.39. The highest BCUT2D eigenvalue weighted by Gasteiger charge is 2.31. The summed E-state index contributed by atoms with van der Waals surface area (Å²) in [7, 11) is 0. The number of aryl methyl sites for hydroxylation is 1. The molecule has 1 aliphatic heterocycles. The number of hydrogen-bond donors (Lipinski definition) is 2. The van der Waals surface area contributed by atoms with Gasteiger partial charge in [-0.25, -0.2) is 0 Å². The fraction of sp³-hybridized carbons (Fsp3) is 0.261. The molecule has 1 aromatic carbocycles. The largest absolute Gasteiger partial charge is 0.485 e. The number of nitrogens with one attached hydrogen (secondary N) is 2. The van der Waals surface area contributed by atoms with Crippen molar-refractivity contribution in [1.29, 1.82) is 0 Å². The van der Waals surface area contributed by atoms with Crippen LogP contribution in [0.15, 0.2) is 48.8 Å². The molecule has 0 spiro atoms. The first kappa shape index (κ1) is 19.6. The number of ether oxygens (including phenoxy) is 2. The average Bonchev–Trinajstić information content (AvgIpc) is 3.38. The van der Waals surface area contributed by atoms with E-state index in [-0.39, 0.29) is 18.4 Å². The summed E-state index contributed by atoms with van der Waals surface area (Å²) in [6, 6.07) is 11.0. The Morgan fingerprint density at radius 2 is 2.00 bits per heavy atom. The lowest BCUT2D eigenvalue weighted by atomic mass is 10.1. The number of amides is 2. The number of thiophene rings is 1. The third kappa shape index (κ3) is 3.98. The van der Waals surface area contributed by atoms with Gasteiger partial charge in [0.15, 0.2) is 11.5 Å². The topological polar surface area (TPSA) is 89.6 Å². The molecule has 2 aromatic heterocycles. The maximum Gasteiger partial charge on any atom is 0.269 e. The van der Waals surface area contributed by atoms with Gasteiger partial charge in [0.2, 0.25) is 6.10 Å². The highest BCUT2D eigenvalue weighted by atomic mass is 32.1. The summed E-state index contributed by atoms with van der Waals surface area (Å²) in [5.41, 5.74) is 2.52. The molecule has 3 heterocycles. The van der Waals surface area contributed by atoms with Crippen molar-refractivity contribution >= 4 is 28.2 Å². The Hall–Kier alpha value is -3.39. The molecule has 5 rings (SSSR count). The molecular weight excluding hydrogens is 414 g/mol. The van der Waals surface area contributed by atoms with Gasteiger partial charge >= 0.3 is 0 Å². The summed E-state index contributed by atoms with van der Waals surface area (Å²) < 4.78 is 11.5. The Balaban J connectivity index is 1.33. The monoisotopic (exact) mass is 435 g/mol. The van der Waals surface area contributed by atoms with E-state index in [1.807, 2.05) is 24.3 Å². The van der Waals surface area contributed by atoms with Gasteiger partial charge in [0.25, 0.3) is 11.8 Å². The Kier molecular flexibility index (Phi) is 5.30. The summed E-state index contributed by atoms with van der Waals surface area (Å²) in [4.78, 5) is 31.2. The normalized spacial score (nSPS) is 16.5. The molecule has 0 radical (unpaired) electrons. The number of rotatable bonds is 5. The summed E-state index contributed by atoms with van der Waals surface area (Å²) in [6.45, 7) is 0.498. The van der Waals surface area contributed by atoms with E-state index in [1.165, 1.54) is 11.3 Å². The zero-order valence-electron chi connectivity index (χ0n) is 16.7. The summed E-state index contributed by atoms with van der Waals surface area (Å²) in [5, 5.41) is 6.45. The van der Waals surface area contributed by atoms with Crippen molar-refractivity contribution < 1.29 is 19.1 Å². The Morgan fingerprint density at radius 1 is 1.13 bits per heavy atom. The van der Waals surface area contributed by atoms with E-state index < -0.39 is 6.10 Å². The number of carbonyl (C=O) groups is 2. The Bertz CT molecular complexity index is 1130. The molecule has 158 valence electrons. The van der Waals surface area contributed by atoms with E-state index in [1.54, 1.807) is 24.5 Å². The van der Waals surface area contributed by atoms with E-state index in [4.69, 9.17) is 9.47 Å². The van der Waals surface area contributed by atoms with E-state index >= 15 is 0 Å². The number of fused-ring (bicyclic) bond motifs is 2. The van der Waals surface area contributed by atoms with Crippen molar-refractivity contribution in [3.8, 4) is 11.5 Å². The van der Waals surface area contributed by atoms with Gasteiger partial charge in [-0.3, -0.25) is 14.6 Å². The number of nitrogens with zero attached hydrogens (tertiary/aromatic N) is 1. The average molecular weight is 436 g/mol. The van der Waals surface area contributed by atoms with E-state index in [0.717, 1.165) is 35.3 Å². The van der Waals surface area contributed by atoms with Crippen LogP contribution in [-0.2, 0) is 24.2 Å². The lowest BCUT2D eigenvalue weighted by Crippen LogP contribution is -2.40. The number of hydrogen-bond acceptors (Lipinski definition) is 6. The first-order valence-corrected chi connectivity index (χ1v) is 11.0. The van der Waals surface area contributed by atoms with Crippen LogP contribution in [-0.4, -0.2) is 29.5 Å². The number of carbonyl (C=O) groups excluding carboxylic acids is 2. The Labute approximate surface area is 183 Å². The highest BCUT2D eigenvalue weighted by molar-refractivity contribution is 7.17. The molecule has 8 heteroatoms. The van der Waals surface area contributed by atoms with Gasteiger partial charge in [0.1, 0.15) is 11.6 Å². The summed E-state index contributed by atoms with van der Waals surface area (Å²) in [6.07, 6.45) is 5.43. The minimum absolute atomic E-state index is 0.122. The Morgan fingerprint density at radius 3 is 2.84 bits per heavy atom. The molecule has 1 atom stereocenters. The van der Waals surface area contributed by atoms with Gasteiger partial charge in [0, 0.05) is 23.8 Å². The number of benzene rings is 1. The van der Waals surface area contributed by atoms with Crippen molar-refractivity contribution in [2.24, 2.45) is 0 Å². The third-order valence-electron chi connectivity index (χ3n) is 5.36. The van der Waals surface area contributed by atoms with Crippen LogP contribution in [0.3, 0.4) is 0 Å². The van der Waals surface area contributed by atoms with Crippen LogP contribution < -0.4 is 20.1 Å². The minimum atomic E-state index is -0.779. The van der Waals surface area contributed by atoms with Crippen LogP contribution in [0.25, 0.3) is 0 Å². The molecule has 1 aliphatic carbocycles. The minimum Gasteiger partial charge on any atom is -0.485 e. The molecular formula is C23H21N3O4S. The second-order valence-corrected chi connectivity index (χ2v) is 8.56. The van der Waals surface area contributed by atoms with E-state index in [9.17, 15) is 9.59 Å². The van der Waals surface area contributed by atoms with Crippen molar-refractivity contribution in [1.82, 2.24) is 10.3 Å². The number of para-hydroxylation sites is 2. The smallest absolute Gasteiger partial charge is 0.269 e. The lowest BCUT2D eigenvalue weighted by molar-refractivity contribution is -0.125. The maximum atomic E-state index is 13.0. The molecule has 2 amide bonds. The van der Waals surface area contributed by atoms with Crippen molar-refractivity contribution in [3.05, 3.63) is 70.4 Å². The first-order valence-electron chi connectivity index (χ1n) is 10.2. The molecule has 0 fully saturated rings. The van der Waals surface area contributed by atoms with Crippen LogP contribution in [0.1, 0.15) is 32.8 Å². The SMILES string of the molecule is O=C(NCc1cccnc1)c1c(NC(=O)C2COc3ccccc3O2)sc2c1CCC2. The molecule has 2 aliphatic rings. The van der Waals surface area contributed by atoms with Gasteiger partial charge in [-0.05, 0) is 48.6 Å². The summed E-state index contributed by atoms with van der Waals surface area (Å²) >= 11 is 1.48. The highest BCUT2D eigenvalue weighted by Crippen LogP contribution is 2.39. The maximum absolute atomic E-state index is 13.0. The van der Waals surface area contributed by atoms with Crippen LogP contribution >= 0.6 is 11.3 Å². The van der Waals surface area contributed by atoms with E-state index in [0.29, 0.717) is 28.6 Å². The molecule has 0 bridgehead atoms. The van der Waals surface area contributed by atoms with Crippen molar-refractivity contribution in [3.63, 3.8) is 0 Å². The standard InChI is InChI=1S/C23H21N3O4S/c27-21(18-13-29-16-7-1-2-8-17(16)30-18)26-23-20(15-6-3-9-19(15)31-23)22(28)25-12-14-5-4-10-24-11-14/h1-2,4-5,7-8,10-11,18H,3,6,9,12-13H2,(H,25,28)(H,26,27). The van der Waals surface area contributed by atoms with Gasteiger partial charge < -0.3 is 20.1 Å². The van der Waals surface area contributed by atoms with Crippen LogP contribution in [0, 0.1) is 0 Å². The molecule has 0 saturated carbocycles. The fourth-order valence-corrected chi connectivity index (χ4v) is 5.14. The lowest BCUT2D eigenvalue weighted by Gasteiger charge is -2.25. The van der Waals surface area contributed by atoms with Gasteiger partial charge in [-0.1, -0.05) is 18.2 Å². The summed E-state index contributed by atoms with van der Waals surface area (Å²) in [5.74, 6) is 0.648. The number of aromatic nitrogens is 1. The number of anilines is 1. The van der Waals surface area contributed by atoms with Crippen molar-refractivity contribution in [2.75, 3.05) is 11.9 Å². The molecule has 0 saturated heterocycles. The van der Waals surface area contributed by atoms with Gasteiger partial charge in [-0.15, -0.1) is 11.3 Å². The second-order valence-electron chi connectivity index (χ2n) is 7.46. The molecule has 31 heavy (non-hydrogen) atoms. The first-order chi connectivity index (χ1) is 15.2. The molecule has 7 nitrogen and oxygen atoms in total. The predicted molar refractivity (Wildman–Crippen MR) is 117 cm³/mol. The molecule has 3 aromatic rings. The third-order valence-corrected chi connectivity index (χ3v) is 6.57. The molecule has 1 unspecified atom stereocenters. The van der Waals surface area contributed by atoms with E-state index in [2.05, 4.69) is 15.6 Å². The quantitative estimate of drug-likeness (QED) is 0.642. The fourth-order valence-electron chi connectivity index (χ4n) is 3.85. The molecule has 2 N–H and O–H groups in total. The zero-order chi connectivity index (χ0) is 21.2. The predicted octanol–water partition coefficient (Wildman–Crippen LogP) is 3.34. The van der Waals surface area contributed by atoms with Gasteiger partial charge in [-0.2, -0.15) is 0 Å². The zero-order valence-corrected chi connectivity index (χ0v) is 17.5.